The molecule has 0 spiro atoms. The van der Waals surface area contributed by atoms with Crippen molar-refractivity contribution in [2.75, 3.05) is 0 Å². The fourth-order valence-electron chi connectivity index (χ4n) is 3.36. The smallest absolute Gasteiger partial charge is 0.315 e. The molecule has 2 aliphatic rings. The van der Waals surface area contributed by atoms with E-state index in [1.165, 1.54) is 19.3 Å². The summed E-state index contributed by atoms with van der Waals surface area (Å²) in [5.41, 5.74) is -0.715. The molecule has 0 aromatic rings. The highest BCUT2D eigenvalue weighted by molar-refractivity contribution is 5.76. The lowest BCUT2D eigenvalue weighted by molar-refractivity contribution is -0.138. The Balaban J connectivity index is 1.80. The molecule has 102 valence electrons. The van der Waals surface area contributed by atoms with Crippen molar-refractivity contribution in [1.29, 1.82) is 0 Å². The van der Waals surface area contributed by atoms with Crippen LogP contribution in [0.1, 0.15) is 46.0 Å². The van der Waals surface area contributed by atoms with Gasteiger partial charge in [-0.1, -0.05) is 6.42 Å². The Bertz CT molecular complexity index is 354. The number of amides is 2. The third-order valence-electron chi connectivity index (χ3n) is 4.10. The van der Waals surface area contributed by atoms with E-state index in [1.54, 1.807) is 13.8 Å². The van der Waals surface area contributed by atoms with E-state index in [4.69, 9.17) is 5.11 Å². The highest BCUT2D eigenvalue weighted by Gasteiger charge is 2.40. The van der Waals surface area contributed by atoms with Crippen LogP contribution in [-0.2, 0) is 4.79 Å². The summed E-state index contributed by atoms with van der Waals surface area (Å²) in [7, 11) is 0. The van der Waals surface area contributed by atoms with Crippen molar-refractivity contribution < 1.29 is 14.7 Å². The van der Waals surface area contributed by atoms with Gasteiger partial charge in [-0.3, -0.25) is 4.79 Å². The maximum absolute atomic E-state index is 11.9. The molecule has 2 amide bonds. The van der Waals surface area contributed by atoms with Crippen molar-refractivity contribution in [3.63, 3.8) is 0 Å². The molecule has 2 rings (SSSR count). The quantitative estimate of drug-likeness (QED) is 0.715. The Morgan fingerprint density at radius 3 is 2.50 bits per heavy atom. The molecule has 3 atom stereocenters. The standard InChI is InChI=1S/C13H22N2O3/c1-13(2,7-11(16)17)15-12(18)14-10-6-8-3-4-9(10)5-8/h8-10H,3-7H2,1-2H3,(H,16,17)(H2,14,15,18). The topological polar surface area (TPSA) is 78.4 Å². The fourth-order valence-corrected chi connectivity index (χ4v) is 3.36. The van der Waals surface area contributed by atoms with Crippen molar-refractivity contribution in [2.24, 2.45) is 11.8 Å². The molecule has 0 saturated heterocycles. The minimum Gasteiger partial charge on any atom is -0.481 e. The lowest BCUT2D eigenvalue weighted by atomic mass is 9.95. The van der Waals surface area contributed by atoms with E-state index >= 15 is 0 Å². The van der Waals surface area contributed by atoms with Gasteiger partial charge < -0.3 is 15.7 Å². The molecular weight excluding hydrogens is 232 g/mol. The Morgan fingerprint density at radius 2 is 2.00 bits per heavy atom. The van der Waals surface area contributed by atoms with Gasteiger partial charge in [0.1, 0.15) is 0 Å². The fraction of sp³-hybridized carbons (Fsp3) is 0.846. The number of hydrogen-bond donors (Lipinski definition) is 3. The van der Waals surface area contributed by atoms with E-state index in [1.807, 2.05) is 0 Å². The summed E-state index contributed by atoms with van der Waals surface area (Å²) >= 11 is 0. The lowest BCUT2D eigenvalue weighted by Crippen LogP contribution is -2.52. The van der Waals surface area contributed by atoms with Crippen LogP contribution in [0.2, 0.25) is 0 Å². The zero-order chi connectivity index (χ0) is 13.3. The molecule has 5 nitrogen and oxygen atoms in total. The zero-order valence-electron chi connectivity index (χ0n) is 11.0. The van der Waals surface area contributed by atoms with Crippen LogP contribution in [0.25, 0.3) is 0 Å². The first kappa shape index (κ1) is 13.2. The van der Waals surface area contributed by atoms with Crippen molar-refractivity contribution in [3.8, 4) is 0 Å². The number of urea groups is 1. The number of carbonyl (C=O) groups excluding carboxylic acids is 1. The molecule has 0 aromatic carbocycles. The van der Waals surface area contributed by atoms with Crippen LogP contribution in [0.3, 0.4) is 0 Å². The average molecular weight is 254 g/mol. The normalized spacial score (nSPS) is 30.2. The third-order valence-corrected chi connectivity index (χ3v) is 4.10. The molecule has 0 aliphatic heterocycles. The number of carbonyl (C=O) groups is 2. The average Bonchev–Trinajstić information content (AvgIpc) is 2.74. The molecule has 2 aliphatic carbocycles. The van der Waals surface area contributed by atoms with Crippen LogP contribution >= 0.6 is 0 Å². The van der Waals surface area contributed by atoms with Crippen molar-refractivity contribution in [2.45, 2.75) is 57.5 Å². The molecule has 5 heteroatoms. The highest BCUT2D eigenvalue weighted by Crippen LogP contribution is 2.44. The first-order valence-electron chi connectivity index (χ1n) is 6.66. The molecule has 3 unspecified atom stereocenters. The van der Waals surface area contributed by atoms with Gasteiger partial charge in [0.15, 0.2) is 0 Å². The lowest BCUT2D eigenvalue weighted by Gasteiger charge is -2.28. The predicted molar refractivity (Wildman–Crippen MR) is 67.2 cm³/mol. The van der Waals surface area contributed by atoms with Gasteiger partial charge in [0.25, 0.3) is 0 Å². The van der Waals surface area contributed by atoms with Crippen LogP contribution in [0.5, 0.6) is 0 Å². The summed E-state index contributed by atoms with van der Waals surface area (Å²) in [6, 6.07) is 0.0446. The van der Waals surface area contributed by atoms with Crippen LogP contribution < -0.4 is 10.6 Å². The van der Waals surface area contributed by atoms with Gasteiger partial charge in [-0.2, -0.15) is 0 Å². The van der Waals surface area contributed by atoms with Crippen LogP contribution in [-0.4, -0.2) is 28.7 Å². The summed E-state index contributed by atoms with van der Waals surface area (Å²) in [5, 5.41) is 14.5. The number of carboxylic acids is 1. The number of carboxylic acid groups (broad SMARTS) is 1. The second kappa shape index (κ2) is 4.78. The van der Waals surface area contributed by atoms with Gasteiger partial charge in [0.2, 0.25) is 0 Å². The second-order valence-corrected chi connectivity index (χ2v) is 6.33. The summed E-state index contributed by atoms with van der Waals surface area (Å²) < 4.78 is 0. The Kier molecular flexibility index (Phi) is 3.50. The molecule has 2 fully saturated rings. The van der Waals surface area contributed by atoms with E-state index in [0.717, 1.165) is 12.3 Å². The van der Waals surface area contributed by atoms with E-state index in [0.29, 0.717) is 5.92 Å². The van der Waals surface area contributed by atoms with E-state index < -0.39 is 11.5 Å². The maximum Gasteiger partial charge on any atom is 0.315 e. The van der Waals surface area contributed by atoms with Gasteiger partial charge in [-0.15, -0.1) is 0 Å². The van der Waals surface area contributed by atoms with Crippen molar-refractivity contribution in [1.82, 2.24) is 10.6 Å². The summed E-state index contributed by atoms with van der Waals surface area (Å²) in [5.74, 6) is 0.510. The van der Waals surface area contributed by atoms with Crippen LogP contribution in [0.15, 0.2) is 0 Å². The first-order chi connectivity index (χ1) is 8.35. The van der Waals surface area contributed by atoms with Crippen LogP contribution in [0, 0.1) is 11.8 Å². The minimum atomic E-state index is -0.903. The number of fused-ring (bicyclic) bond motifs is 2. The number of nitrogens with one attached hydrogen (secondary N) is 2. The third kappa shape index (κ3) is 3.15. The monoisotopic (exact) mass is 254 g/mol. The van der Waals surface area contributed by atoms with Gasteiger partial charge in [-0.05, 0) is 44.9 Å². The summed E-state index contributed by atoms with van der Waals surface area (Å²) in [6.45, 7) is 3.45. The summed E-state index contributed by atoms with van der Waals surface area (Å²) in [6.07, 6.45) is 4.77. The number of hydrogen-bond acceptors (Lipinski definition) is 2. The van der Waals surface area contributed by atoms with E-state index in [2.05, 4.69) is 10.6 Å². The molecule has 0 radical (unpaired) electrons. The van der Waals surface area contributed by atoms with Gasteiger partial charge in [-0.25, -0.2) is 4.79 Å². The minimum absolute atomic E-state index is 0.0723. The van der Waals surface area contributed by atoms with Crippen molar-refractivity contribution in [3.05, 3.63) is 0 Å². The molecule has 0 aromatic heterocycles. The van der Waals surface area contributed by atoms with E-state index in [9.17, 15) is 9.59 Å². The number of aliphatic carboxylic acids is 1. The van der Waals surface area contributed by atoms with Crippen molar-refractivity contribution >= 4 is 12.0 Å². The SMILES string of the molecule is CC(C)(CC(=O)O)NC(=O)NC1CC2CCC1C2. The second-order valence-electron chi connectivity index (χ2n) is 6.33. The zero-order valence-corrected chi connectivity index (χ0v) is 11.0. The van der Waals surface area contributed by atoms with Gasteiger partial charge in [0, 0.05) is 11.6 Å². The molecule has 3 N–H and O–H groups in total. The Morgan fingerprint density at radius 1 is 1.28 bits per heavy atom. The molecular formula is C13H22N2O3. The van der Waals surface area contributed by atoms with E-state index in [-0.39, 0.29) is 18.5 Å². The highest BCUT2D eigenvalue weighted by atomic mass is 16.4. The predicted octanol–water partition coefficient (Wildman–Crippen LogP) is 1.73. The largest absolute Gasteiger partial charge is 0.481 e. The molecule has 18 heavy (non-hydrogen) atoms. The van der Waals surface area contributed by atoms with Gasteiger partial charge >= 0.3 is 12.0 Å². The summed E-state index contributed by atoms with van der Waals surface area (Å²) in [4.78, 5) is 22.5. The number of rotatable bonds is 4. The maximum atomic E-state index is 11.9. The Hall–Kier alpha value is -1.26. The van der Waals surface area contributed by atoms with Gasteiger partial charge in [0.05, 0.1) is 6.42 Å². The molecule has 2 bridgehead atoms. The molecule has 2 saturated carbocycles. The first-order valence-corrected chi connectivity index (χ1v) is 6.66. The molecule has 0 heterocycles. The van der Waals surface area contributed by atoms with Crippen LogP contribution in [0.4, 0.5) is 4.79 Å². The Labute approximate surface area is 107 Å².